The predicted molar refractivity (Wildman–Crippen MR) is 86.4 cm³/mol. The number of fused-ring (bicyclic) bond motifs is 1. The third-order valence-corrected chi connectivity index (χ3v) is 4.15. The van der Waals surface area contributed by atoms with Gasteiger partial charge in [-0.1, -0.05) is 0 Å². The highest BCUT2D eigenvalue weighted by Gasteiger charge is 2.15. The summed E-state index contributed by atoms with van der Waals surface area (Å²) in [5.41, 5.74) is 0.657. The van der Waals surface area contributed by atoms with E-state index in [1.165, 1.54) is 11.8 Å². The van der Waals surface area contributed by atoms with Crippen LogP contribution in [0, 0.1) is 0 Å². The number of carbonyl (C=O) groups is 2. The number of hydrogen-bond acceptors (Lipinski definition) is 5. The summed E-state index contributed by atoms with van der Waals surface area (Å²) in [6.07, 6.45) is 0. The molecule has 120 valence electrons. The molecule has 1 aliphatic heterocycles. The van der Waals surface area contributed by atoms with E-state index in [0.717, 1.165) is 0 Å². The molecule has 1 heterocycles. The number of carbonyl (C=O) groups excluding carboxylic acids is 2. The van der Waals surface area contributed by atoms with Crippen molar-refractivity contribution in [3.63, 3.8) is 0 Å². The predicted octanol–water partition coefficient (Wildman–Crippen LogP) is 1.96. The molecule has 0 atom stereocenters. The van der Waals surface area contributed by atoms with E-state index in [-0.39, 0.29) is 24.4 Å². The summed E-state index contributed by atoms with van der Waals surface area (Å²) in [5.74, 6) is 1.78. The van der Waals surface area contributed by atoms with Gasteiger partial charge in [-0.3, -0.25) is 9.59 Å². The van der Waals surface area contributed by atoms with Crippen molar-refractivity contribution in [3.8, 4) is 11.5 Å². The van der Waals surface area contributed by atoms with E-state index in [9.17, 15) is 9.59 Å². The van der Waals surface area contributed by atoms with Crippen molar-refractivity contribution in [3.05, 3.63) is 18.2 Å². The quantitative estimate of drug-likeness (QED) is 0.830. The van der Waals surface area contributed by atoms with Crippen molar-refractivity contribution in [2.75, 3.05) is 36.7 Å². The molecule has 1 aliphatic rings. The van der Waals surface area contributed by atoms with Crippen LogP contribution in [0.3, 0.4) is 0 Å². The summed E-state index contributed by atoms with van der Waals surface area (Å²) < 4.78 is 10.5. The summed E-state index contributed by atoms with van der Waals surface area (Å²) in [5, 5.41) is 2.78. The second-order valence-corrected chi connectivity index (χ2v) is 5.66. The summed E-state index contributed by atoms with van der Waals surface area (Å²) in [6.45, 7) is 5.48. The Kier molecular flexibility index (Phi) is 5.94. The highest BCUT2D eigenvalue weighted by Crippen LogP contribution is 2.34. The number of hydrogen-bond donors (Lipinski definition) is 1. The van der Waals surface area contributed by atoms with Crippen molar-refractivity contribution in [1.82, 2.24) is 4.90 Å². The molecular weight excluding hydrogens is 304 g/mol. The molecule has 1 aromatic rings. The minimum Gasteiger partial charge on any atom is -0.454 e. The summed E-state index contributed by atoms with van der Waals surface area (Å²) in [4.78, 5) is 25.4. The van der Waals surface area contributed by atoms with Gasteiger partial charge in [-0.25, -0.2) is 0 Å². The minimum atomic E-state index is -0.142. The topological polar surface area (TPSA) is 67.9 Å². The van der Waals surface area contributed by atoms with Crippen LogP contribution in [0.15, 0.2) is 18.2 Å². The van der Waals surface area contributed by atoms with Crippen LogP contribution in [-0.2, 0) is 9.59 Å². The first-order valence-corrected chi connectivity index (χ1v) is 8.34. The van der Waals surface area contributed by atoms with Gasteiger partial charge in [-0.2, -0.15) is 0 Å². The molecule has 6 nitrogen and oxygen atoms in total. The van der Waals surface area contributed by atoms with Gasteiger partial charge in [0.1, 0.15) is 0 Å². The van der Waals surface area contributed by atoms with Crippen molar-refractivity contribution in [2.45, 2.75) is 13.8 Å². The molecule has 2 amide bonds. The van der Waals surface area contributed by atoms with E-state index < -0.39 is 0 Å². The molecule has 0 fully saturated rings. The van der Waals surface area contributed by atoms with Gasteiger partial charge in [0.05, 0.1) is 11.5 Å². The van der Waals surface area contributed by atoms with Gasteiger partial charge in [0.25, 0.3) is 0 Å². The van der Waals surface area contributed by atoms with Gasteiger partial charge >= 0.3 is 0 Å². The lowest BCUT2D eigenvalue weighted by atomic mass is 10.3. The number of ether oxygens (including phenoxy) is 2. The van der Waals surface area contributed by atoms with Crippen molar-refractivity contribution in [1.29, 1.82) is 0 Å². The van der Waals surface area contributed by atoms with Crippen LogP contribution in [0.2, 0.25) is 0 Å². The SMILES string of the molecule is CCN(CC)C(=O)CSCC(=O)Nc1ccc2c(c1)OCO2. The lowest BCUT2D eigenvalue weighted by Crippen LogP contribution is -2.32. The van der Waals surface area contributed by atoms with Crippen LogP contribution in [0.4, 0.5) is 5.69 Å². The Morgan fingerprint density at radius 3 is 2.64 bits per heavy atom. The highest BCUT2D eigenvalue weighted by atomic mass is 32.2. The van der Waals surface area contributed by atoms with Crippen LogP contribution in [0.25, 0.3) is 0 Å². The van der Waals surface area contributed by atoms with Gasteiger partial charge in [0.2, 0.25) is 18.6 Å². The first-order chi connectivity index (χ1) is 10.6. The minimum absolute atomic E-state index is 0.0610. The van der Waals surface area contributed by atoms with Crippen molar-refractivity contribution in [2.24, 2.45) is 0 Å². The van der Waals surface area contributed by atoms with Crippen molar-refractivity contribution >= 4 is 29.3 Å². The monoisotopic (exact) mass is 324 g/mol. The van der Waals surface area contributed by atoms with Gasteiger partial charge in [-0.15, -0.1) is 11.8 Å². The molecule has 0 saturated carbocycles. The number of nitrogens with one attached hydrogen (secondary N) is 1. The number of benzene rings is 1. The maximum absolute atomic E-state index is 11.9. The second kappa shape index (κ2) is 7.93. The fourth-order valence-electron chi connectivity index (χ4n) is 2.07. The van der Waals surface area contributed by atoms with E-state index in [1.54, 1.807) is 23.1 Å². The molecule has 2 rings (SSSR count). The molecule has 1 aromatic carbocycles. The van der Waals surface area contributed by atoms with E-state index in [0.29, 0.717) is 36.0 Å². The summed E-state index contributed by atoms with van der Waals surface area (Å²) in [6, 6.07) is 5.25. The third-order valence-electron chi connectivity index (χ3n) is 3.23. The number of anilines is 1. The molecule has 0 spiro atoms. The fourth-order valence-corrected chi connectivity index (χ4v) is 2.79. The molecule has 0 saturated heterocycles. The van der Waals surface area contributed by atoms with E-state index in [2.05, 4.69) is 5.32 Å². The molecular formula is C15H20N2O4S. The zero-order valence-corrected chi connectivity index (χ0v) is 13.6. The van der Waals surface area contributed by atoms with Crippen molar-refractivity contribution < 1.29 is 19.1 Å². The number of rotatable bonds is 7. The lowest BCUT2D eigenvalue weighted by molar-refractivity contribution is -0.127. The molecule has 0 aromatic heterocycles. The first-order valence-electron chi connectivity index (χ1n) is 7.19. The number of nitrogens with zero attached hydrogens (tertiary/aromatic N) is 1. The largest absolute Gasteiger partial charge is 0.454 e. The van der Waals surface area contributed by atoms with Crippen LogP contribution < -0.4 is 14.8 Å². The van der Waals surface area contributed by atoms with Crippen LogP contribution in [0.1, 0.15) is 13.8 Å². The Balaban J connectivity index is 1.75. The average Bonchev–Trinajstić information content (AvgIpc) is 2.96. The molecule has 1 N–H and O–H groups in total. The molecule has 0 bridgehead atoms. The van der Waals surface area contributed by atoms with E-state index in [4.69, 9.17) is 9.47 Å². The highest BCUT2D eigenvalue weighted by molar-refractivity contribution is 8.00. The molecule has 22 heavy (non-hydrogen) atoms. The molecule has 0 radical (unpaired) electrons. The number of thioether (sulfide) groups is 1. The van der Waals surface area contributed by atoms with E-state index in [1.807, 2.05) is 13.8 Å². The van der Waals surface area contributed by atoms with Crippen LogP contribution >= 0.6 is 11.8 Å². The summed E-state index contributed by atoms with van der Waals surface area (Å²) in [7, 11) is 0. The van der Waals surface area contributed by atoms with Gasteiger partial charge < -0.3 is 19.7 Å². The van der Waals surface area contributed by atoms with Gasteiger partial charge in [-0.05, 0) is 26.0 Å². The van der Waals surface area contributed by atoms with Gasteiger partial charge in [0, 0.05) is 24.8 Å². The average molecular weight is 324 g/mol. The normalized spacial score (nSPS) is 12.1. The van der Waals surface area contributed by atoms with Crippen LogP contribution in [0.5, 0.6) is 11.5 Å². The van der Waals surface area contributed by atoms with Gasteiger partial charge in [0.15, 0.2) is 11.5 Å². The number of amides is 2. The zero-order chi connectivity index (χ0) is 15.9. The fraction of sp³-hybridized carbons (Fsp3) is 0.467. The maximum Gasteiger partial charge on any atom is 0.234 e. The maximum atomic E-state index is 11.9. The molecule has 0 unspecified atom stereocenters. The second-order valence-electron chi connectivity index (χ2n) is 4.68. The smallest absolute Gasteiger partial charge is 0.234 e. The summed E-state index contributed by atoms with van der Waals surface area (Å²) >= 11 is 1.31. The Morgan fingerprint density at radius 1 is 1.18 bits per heavy atom. The third kappa shape index (κ3) is 4.30. The Bertz CT molecular complexity index is 546. The van der Waals surface area contributed by atoms with Crippen LogP contribution in [-0.4, -0.2) is 48.1 Å². The first kappa shape index (κ1) is 16.5. The molecule has 7 heteroatoms. The lowest BCUT2D eigenvalue weighted by Gasteiger charge is -2.18. The Morgan fingerprint density at radius 2 is 1.91 bits per heavy atom. The Labute approximate surface area is 134 Å². The standard InChI is InChI=1S/C15H20N2O4S/c1-3-17(4-2)15(19)9-22-8-14(18)16-11-5-6-12-13(7-11)21-10-20-12/h5-7H,3-4,8-10H2,1-2H3,(H,16,18). The Hall–Kier alpha value is -1.89. The van der Waals surface area contributed by atoms with E-state index >= 15 is 0 Å². The molecule has 0 aliphatic carbocycles. The zero-order valence-electron chi connectivity index (χ0n) is 12.8.